The van der Waals surface area contributed by atoms with E-state index < -0.39 is 0 Å². The highest BCUT2D eigenvalue weighted by atomic mass is 32.1. The lowest BCUT2D eigenvalue weighted by Gasteiger charge is -2.06. The summed E-state index contributed by atoms with van der Waals surface area (Å²) in [5.41, 5.74) is 5.68. The molecule has 3 heterocycles. The van der Waals surface area contributed by atoms with Gasteiger partial charge in [-0.15, -0.1) is 21.5 Å². The number of nitrogens with zero attached hydrogens (tertiary/aromatic N) is 4. The minimum atomic E-state index is 0.839. The monoisotopic (exact) mass is 354 g/mol. The molecule has 26 heavy (non-hydrogen) atoms. The van der Waals surface area contributed by atoms with E-state index in [1.807, 2.05) is 18.2 Å². The maximum Gasteiger partial charge on any atom is 0.216 e. The van der Waals surface area contributed by atoms with E-state index in [-0.39, 0.29) is 0 Å². The molecule has 124 valence electrons. The Morgan fingerprint density at radius 2 is 1.35 bits per heavy atom. The van der Waals surface area contributed by atoms with Gasteiger partial charge >= 0.3 is 0 Å². The van der Waals surface area contributed by atoms with Crippen LogP contribution < -0.4 is 0 Å². The molecule has 0 bridgehead atoms. The van der Waals surface area contributed by atoms with Crippen LogP contribution in [0, 0.1) is 0 Å². The van der Waals surface area contributed by atoms with Crippen LogP contribution in [0.2, 0.25) is 0 Å². The van der Waals surface area contributed by atoms with Crippen molar-refractivity contribution in [2.24, 2.45) is 0 Å². The molecular formula is C21H14N4S. The molecule has 0 amide bonds. The van der Waals surface area contributed by atoms with Crippen molar-refractivity contribution in [3.8, 4) is 33.8 Å². The van der Waals surface area contributed by atoms with E-state index >= 15 is 0 Å². The molecule has 0 aliphatic heterocycles. The average Bonchev–Trinajstić information content (AvgIpc) is 3.32. The maximum atomic E-state index is 4.37. The molecule has 0 spiro atoms. The average molecular weight is 354 g/mol. The van der Waals surface area contributed by atoms with Gasteiger partial charge in [0.2, 0.25) is 4.96 Å². The van der Waals surface area contributed by atoms with Crippen LogP contribution in [-0.2, 0) is 0 Å². The molecule has 4 nitrogen and oxygen atoms in total. The summed E-state index contributed by atoms with van der Waals surface area (Å²) in [4.78, 5) is 4.98. The predicted octanol–water partition coefficient (Wildman–Crippen LogP) is 5.19. The summed E-state index contributed by atoms with van der Waals surface area (Å²) in [6.07, 6.45) is 3.55. The molecule has 5 heteroatoms. The van der Waals surface area contributed by atoms with Crippen LogP contribution in [0.3, 0.4) is 0 Å². The summed E-state index contributed by atoms with van der Waals surface area (Å²) >= 11 is 1.60. The zero-order valence-electron chi connectivity index (χ0n) is 13.8. The van der Waals surface area contributed by atoms with Gasteiger partial charge in [-0.3, -0.25) is 9.38 Å². The molecule has 2 aromatic carbocycles. The van der Waals surface area contributed by atoms with Crippen LogP contribution >= 0.6 is 11.3 Å². The molecule has 0 unspecified atom stereocenters. The van der Waals surface area contributed by atoms with Crippen molar-refractivity contribution in [1.29, 1.82) is 0 Å². The van der Waals surface area contributed by atoms with Crippen molar-refractivity contribution in [2.75, 3.05) is 0 Å². The topological polar surface area (TPSA) is 43.1 Å². The molecule has 0 radical (unpaired) electrons. The molecule has 0 fully saturated rings. The number of fused-ring (bicyclic) bond motifs is 1. The normalized spacial score (nSPS) is 11.1. The zero-order chi connectivity index (χ0) is 17.3. The summed E-state index contributed by atoms with van der Waals surface area (Å²) in [6.45, 7) is 0. The number of hydrogen-bond donors (Lipinski definition) is 0. The Labute approximate surface area is 154 Å². The van der Waals surface area contributed by atoms with Crippen molar-refractivity contribution in [1.82, 2.24) is 19.6 Å². The predicted molar refractivity (Wildman–Crippen MR) is 105 cm³/mol. The van der Waals surface area contributed by atoms with E-state index in [9.17, 15) is 0 Å². The van der Waals surface area contributed by atoms with Gasteiger partial charge in [-0.05, 0) is 28.8 Å². The maximum absolute atomic E-state index is 4.37. The molecule has 0 N–H and O–H groups in total. The number of thiazole rings is 1. The lowest BCUT2D eigenvalue weighted by Crippen LogP contribution is -1.91. The molecular weight excluding hydrogens is 340 g/mol. The summed E-state index contributed by atoms with van der Waals surface area (Å²) in [5, 5.41) is 10.8. The van der Waals surface area contributed by atoms with E-state index in [0.717, 1.165) is 27.6 Å². The highest BCUT2D eigenvalue weighted by Gasteiger charge is 2.14. The van der Waals surface area contributed by atoms with Gasteiger partial charge in [-0.2, -0.15) is 0 Å². The van der Waals surface area contributed by atoms with Gasteiger partial charge in [-0.1, -0.05) is 54.6 Å². The van der Waals surface area contributed by atoms with Crippen molar-refractivity contribution < 1.29 is 0 Å². The first kappa shape index (κ1) is 15.0. The van der Waals surface area contributed by atoms with E-state index in [1.54, 1.807) is 23.7 Å². The number of aromatic nitrogens is 4. The molecule has 0 saturated heterocycles. The van der Waals surface area contributed by atoms with Crippen LogP contribution in [0.25, 0.3) is 38.7 Å². The lowest BCUT2D eigenvalue weighted by molar-refractivity contribution is 1.11. The number of pyridine rings is 1. The molecule has 3 aromatic heterocycles. The Bertz CT molecular complexity index is 1160. The van der Waals surface area contributed by atoms with Crippen molar-refractivity contribution in [3.05, 3.63) is 84.5 Å². The third kappa shape index (κ3) is 2.50. The van der Waals surface area contributed by atoms with Gasteiger partial charge in [0.1, 0.15) is 0 Å². The summed E-state index contributed by atoms with van der Waals surface area (Å²) in [6, 6.07) is 22.9. The van der Waals surface area contributed by atoms with E-state index in [2.05, 4.69) is 73.5 Å². The van der Waals surface area contributed by atoms with Crippen molar-refractivity contribution in [3.63, 3.8) is 0 Å². The standard InChI is InChI=1S/C21H14N4S/c1-2-4-15(5-3-1)16-6-8-17(9-7-16)19-14-26-21-24-23-20(25(19)21)18-10-12-22-13-11-18/h1-14H. The Morgan fingerprint density at radius 3 is 2.12 bits per heavy atom. The second kappa shape index (κ2) is 6.20. The molecule has 0 atom stereocenters. The highest BCUT2D eigenvalue weighted by Crippen LogP contribution is 2.31. The zero-order valence-corrected chi connectivity index (χ0v) is 14.6. The third-order valence-electron chi connectivity index (χ3n) is 4.38. The van der Waals surface area contributed by atoms with E-state index in [1.165, 1.54) is 11.1 Å². The van der Waals surface area contributed by atoms with Gasteiger partial charge in [0, 0.05) is 23.3 Å². The molecule has 0 aliphatic carbocycles. The quantitative estimate of drug-likeness (QED) is 0.448. The fourth-order valence-corrected chi connectivity index (χ4v) is 3.91. The molecule has 0 saturated carbocycles. The molecule has 0 aliphatic rings. The number of benzene rings is 2. The Hall–Kier alpha value is -3.31. The second-order valence-corrected chi connectivity index (χ2v) is 6.78. The van der Waals surface area contributed by atoms with Crippen LogP contribution in [0.15, 0.2) is 84.5 Å². The summed E-state index contributed by atoms with van der Waals surface area (Å²) in [7, 11) is 0. The fraction of sp³-hybridized carbons (Fsp3) is 0. The molecule has 5 rings (SSSR count). The first-order chi connectivity index (χ1) is 12.9. The van der Waals surface area contributed by atoms with E-state index in [0.29, 0.717) is 0 Å². The van der Waals surface area contributed by atoms with Gasteiger partial charge < -0.3 is 0 Å². The highest BCUT2D eigenvalue weighted by molar-refractivity contribution is 7.15. The van der Waals surface area contributed by atoms with Gasteiger partial charge in [0.15, 0.2) is 5.82 Å². The summed E-state index contributed by atoms with van der Waals surface area (Å²) in [5.74, 6) is 0.839. The van der Waals surface area contributed by atoms with Crippen molar-refractivity contribution in [2.45, 2.75) is 0 Å². The van der Waals surface area contributed by atoms with Gasteiger partial charge in [0.05, 0.1) is 5.69 Å². The van der Waals surface area contributed by atoms with Crippen LogP contribution in [0.1, 0.15) is 0 Å². The Morgan fingerprint density at radius 1 is 0.654 bits per heavy atom. The van der Waals surface area contributed by atoms with Crippen molar-refractivity contribution >= 4 is 16.3 Å². The first-order valence-corrected chi connectivity index (χ1v) is 9.17. The number of hydrogen-bond acceptors (Lipinski definition) is 4. The fourth-order valence-electron chi connectivity index (χ4n) is 3.07. The molecule has 5 aromatic rings. The largest absolute Gasteiger partial charge is 0.265 e. The second-order valence-electron chi connectivity index (χ2n) is 5.94. The smallest absolute Gasteiger partial charge is 0.216 e. The van der Waals surface area contributed by atoms with Gasteiger partial charge in [0.25, 0.3) is 0 Å². The minimum Gasteiger partial charge on any atom is -0.265 e. The first-order valence-electron chi connectivity index (χ1n) is 8.29. The minimum absolute atomic E-state index is 0.839. The third-order valence-corrected chi connectivity index (χ3v) is 5.19. The van der Waals surface area contributed by atoms with E-state index in [4.69, 9.17) is 0 Å². The van der Waals surface area contributed by atoms with Gasteiger partial charge in [-0.25, -0.2) is 0 Å². The SMILES string of the molecule is c1ccc(-c2ccc(-c3csc4nnc(-c5ccncc5)n34)cc2)cc1. The Kier molecular flexibility index (Phi) is 3.57. The van der Waals surface area contributed by atoms with Crippen LogP contribution in [0.4, 0.5) is 0 Å². The van der Waals surface area contributed by atoms with Crippen LogP contribution in [0.5, 0.6) is 0 Å². The summed E-state index contributed by atoms with van der Waals surface area (Å²) < 4.78 is 2.11. The lowest BCUT2D eigenvalue weighted by atomic mass is 10.0. The Balaban J connectivity index is 1.61. The number of rotatable bonds is 3. The van der Waals surface area contributed by atoms with Crippen LogP contribution in [-0.4, -0.2) is 19.6 Å².